The van der Waals surface area contributed by atoms with Crippen molar-refractivity contribution in [1.82, 2.24) is 15.6 Å². The Morgan fingerprint density at radius 1 is 1.45 bits per heavy atom. The van der Waals surface area contributed by atoms with Gasteiger partial charge in [-0.25, -0.2) is 9.59 Å². The lowest BCUT2D eigenvalue weighted by Gasteiger charge is -2.12. The second-order valence-electron chi connectivity index (χ2n) is 4.47. The molecular weight excluding hydrogens is 278 g/mol. The van der Waals surface area contributed by atoms with E-state index in [1.807, 2.05) is 6.26 Å². The molecule has 1 aromatic heterocycles. The van der Waals surface area contributed by atoms with Crippen LogP contribution in [0.2, 0.25) is 0 Å². The van der Waals surface area contributed by atoms with Crippen LogP contribution in [0.3, 0.4) is 0 Å². The van der Waals surface area contributed by atoms with Gasteiger partial charge in [0.15, 0.2) is 0 Å². The summed E-state index contributed by atoms with van der Waals surface area (Å²) < 4.78 is 0. The molecular formula is C13H19N3O3S. The van der Waals surface area contributed by atoms with E-state index in [9.17, 15) is 9.59 Å². The lowest BCUT2D eigenvalue weighted by atomic mass is 10.2. The second-order valence-corrected chi connectivity index (χ2v) is 5.38. The number of carbonyl (C=O) groups is 2. The van der Waals surface area contributed by atoms with E-state index in [4.69, 9.17) is 5.11 Å². The predicted octanol–water partition coefficient (Wildman–Crippen LogP) is 1.58. The van der Waals surface area contributed by atoms with Crippen LogP contribution < -0.4 is 10.6 Å². The van der Waals surface area contributed by atoms with Gasteiger partial charge in [-0.15, -0.1) is 0 Å². The summed E-state index contributed by atoms with van der Waals surface area (Å²) >= 11 is 1.74. The lowest BCUT2D eigenvalue weighted by Crippen LogP contribution is -2.38. The van der Waals surface area contributed by atoms with Crippen molar-refractivity contribution >= 4 is 23.8 Å². The van der Waals surface area contributed by atoms with Crippen LogP contribution in [0.1, 0.15) is 23.0 Å². The molecule has 0 aromatic carbocycles. The summed E-state index contributed by atoms with van der Waals surface area (Å²) in [5, 5.41) is 14.3. The summed E-state index contributed by atoms with van der Waals surface area (Å²) in [6.07, 6.45) is 3.44. The molecule has 0 saturated heterocycles. The van der Waals surface area contributed by atoms with Gasteiger partial charge in [0.25, 0.3) is 0 Å². The van der Waals surface area contributed by atoms with Crippen LogP contribution in [0.25, 0.3) is 0 Å². The molecule has 0 spiro atoms. The summed E-state index contributed by atoms with van der Waals surface area (Å²) in [5.74, 6) is 0.385. The number of thioether (sulfide) groups is 1. The lowest BCUT2D eigenvalue weighted by molar-refractivity contribution is 0.0696. The number of aromatic nitrogens is 1. The van der Waals surface area contributed by atoms with Gasteiger partial charge in [0, 0.05) is 12.7 Å². The molecule has 0 radical (unpaired) electrons. The molecule has 1 atom stereocenters. The fourth-order valence-electron chi connectivity index (χ4n) is 1.55. The van der Waals surface area contributed by atoms with E-state index >= 15 is 0 Å². The third-order valence-electron chi connectivity index (χ3n) is 2.56. The molecule has 3 N–H and O–H groups in total. The number of hydrogen-bond acceptors (Lipinski definition) is 4. The van der Waals surface area contributed by atoms with Gasteiger partial charge in [0.05, 0.1) is 17.8 Å². The van der Waals surface area contributed by atoms with Crippen molar-refractivity contribution in [2.45, 2.75) is 13.5 Å². The first-order chi connectivity index (χ1) is 9.52. The highest BCUT2D eigenvalue weighted by Gasteiger charge is 2.07. The van der Waals surface area contributed by atoms with Gasteiger partial charge in [-0.2, -0.15) is 11.8 Å². The van der Waals surface area contributed by atoms with Gasteiger partial charge in [0.2, 0.25) is 0 Å². The zero-order valence-corrected chi connectivity index (χ0v) is 12.4. The zero-order valence-electron chi connectivity index (χ0n) is 11.5. The summed E-state index contributed by atoms with van der Waals surface area (Å²) in [6.45, 7) is 2.87. The number of amides is 2. The molecule has 2 amide bonds. The Hall–Kier alpha value is -1.76. The largest absolute Gasteiger partial charge is 0.478 e. The van der Waals surface area contributed by atoms with Gasteiger partial charge in [-0.1, -0.05) is 6.92 Å². The first kappa shape index (κ1) is 16.3. The number of pyridine rings is 1. The zero-order chi connectivity index (χ0) is 15.0. The molecule has 7 heteroatoms. The SMILES string of the molecule is CSCC(C)CNC(=O)NCc1cc(C(=O)O)ccn1. The van der Waals surface area contributed by atoms with E-state index in [0.717, 1.165) is 5.75 Å². The van der Waals surface area contributed by atoms with Crippen LogP contribution in [0, 0.1) is 5.92 Å². The second kappa shape index (κ2) is 8.42. The van der Waals surface area contributed by atoms with Crippen molar-refractivity contribution in [3.63, 3.8) is 0 Å². The maximum atomic E-state index is 11.6. The highest BCUT2D eigenvalue weighted by atomic mass is 32.2. The van der Waals surface area contributed by atoms with Crippen molar-refractivity contribution < 1.29 is 14.7 Å². The average Bonchev–Trinajstić information content (AvgIpc) is 2.43. The molecule has 1 rings (SSSR count). The van der Waals surface area contributed by atoms with E-state index in [2.05, 4.69) is 22.5 Å². The van der Waals surface area contributed by atoms with Gasteiger partial charge in [-0.3, -0.25) is 4.98 Å². The van der Waals surface area contributed by atoms with Crippen LogP contribution in [-0.4, -0.2) is 40.6 Å². The fraction of sp³-hybridized carbons (Fsp3) is 0.462. The fourth-order valence-corrected chi connectivity index (χ4v) is 2.24. The standard InChI is InChI=1S/C13H19N3O3S/c1-9(8-20-2)6-15-13(19)16-7-11-5-10(12(17)18)3-4-14-11/h3-5,9H,6-8H2,1-2H3,(H,17,18)(H2,15,16,19). The summed E-state index contributed by atoms with van der Waals surface area (Å²) in [5.41, 5.74) is 0.669. The number of rotatable bonds is 7. The average molecular weight is 297 g/mol. The maximum Gasteiger partial charge on any atom is 0.335 e. The van der Waals surface area contributed by atoms with Gasteiger partial charge in [0.1, 0.15) is 0 Å². The molecule has 20 heavy (non-hydrogen) atoms. The van der Waals surface area contributed by atoms with E-state index < -0.39 is 5.97 Å². The minimum absolute atomic E-state index is 0.158. The number of nitrogens with zero attached hydrogens (tertiary/aromatic N) is 1. The summed E-state index contributed by atoms with van der Waals surface area (Å²) in [7, 11) is 0. The summed E-state index contributed by atoms with van der Waals surface area (Å²) in [4.78, 5) is 26.4. The minimum Gasteiger partial charge on any atom is -0.478 e. The van der Waals surface area contributed by atoms with Gasteiger partial charge >= 0.3 is 12.0 Å². The van der Waals surface area contributed by atoms with Crippen molar-refractivity contribution in [3.05, 3.63) is 29.6 Å². The third kappa shape index (κ3) is 5.92. The molecule has 0 aliphatic rings. The van der Waals surface area contributed by atoms with Gasteiger partial charge < -0.3 is 15.7 Å². The number of nitrogens with one attached hydrogen (secondary N) is 2. The van der Waals surface area contributed by atoms with Gasteiger partial charge in [-0.05, 0) is 30.1 Å². The molecule has 0 bridgehead atoms. The first-order valence-corrected chi connectivity index (χ1v) is 7.61. The van der Waals surface area contributed by atoms with Crippen molar-refractivity contribution in [2.24, 2.45) is 5.92 Å². The first-order valence-electron chi connectivity index (χ1n) is 6.21. The predicted molar refractivity (Wildman–Crippen MR) is 79.0 cm³/mol. The van der Waals surface area contributed by atoms with Crippen LogP contribution in [-0.2, 0) is 6.54 Å². The number of urea groups is 1. The minimum atomic E-state index is -1.01. The van der Waals surface area contributed by atoms with Crippen LogP contribution >= 0.6 is 11.8 Å². The molecule has 0 aliphatic heterocycles. The number of hydrogen-bond donors (Lipinski definition) is 3. The molecule has 0 saturated carbocycles. The third-order valence-corrected chi connectivity index (χ3v) is 3.46. The number of aromatic carboxylic acids is 1. The monoisotopic (exact) mass is 297 g/mol. The normalized spacial score (nSPS) is 11.7. The Morgan fingerprint density at radius 3 is 2.85 bits per heavy atom. The van der Waals surface area contributed by atoms with E-state index in [0.29, 0.717) is 18.2 Å². The highest BCUT2D eigenvalue weighted by Crippen LogP contribution is 2.03. The topological polar surface area (TPSA) is 91.3 Å². The van der Waals surface area contributed by atoms with E-state index in [1.165, 1.54) is 18.3 Å². The Balaban J connectivity index is 2.37. The molecule has 0 aliphatic carbocycles. The maximum absolute atomic E-state index is 11.6. The summed E-state index contributed by atoms with van der Waals surface area (Å²) in [6, 6.07) is 2.58. The quantitative estimate of drug-likeness (QED) is 0.710. The van der Waals surface area contributed by atoms with E-state index in [-0.39, 0.29) is 18.1 Å². The Morgan fingerprint density at radius 2 is 2.20 bits per heavy atom. The molecule has 1 aromatic rings. The smallest absolute Gasteiger partial charge is 0.335 e. The number of carboxylic acid groups (broad SMARTS) is 1. The highest BCUT2D eigenvalue weighted by molar-refractivity contribution is 7.98. The van der Waals surface area contributed by atoms with Crippen molar-refractivity contribution in [3.8, 4) is 0 Å². The molecule has 110 valence electrons. The van der Waals surface area contributed by atoms with Crippen molar-refractivity contribution in [1.29, 1.82) is 0 Å². The number of carboxylic acids is 1. The van der Waals surface area contributed by atoms with Crippen LogP contribution in [0.15, 0.2) is 18.3 Å². The molecule has 1 heterocycles. The van der Waals surface area contributed by atoms with Crippen LogP contribution in [0.4, 0.5) is 4.79 Å². The Bertz CT molecular complexity index is 468. The van der Waals surface area contributed by atoms with Crippen molar-refractivity contribution in [2.75, 3.05) is 18.6 Å². The number of carbonyl (C=O) groups excluding carboxylic acids is 1. The van der Waals surface area contributed by atoms with Crippen LogP contribution in [0.5, 0.6) is 0 Å². The Kier molecular flexibility index (Phi) is 6.86. The Labute approximate surface area is 122 Å². The molecule has 1 unspecified atom stereocenters. The van der Waals surface area contributed by atoms with E-state index in [1.54, 1.807) is 11.8 Å². The molecule has 6 nitrogen and oxygen atoms in total. The molecule has 0 fully saturated rings.